The summed E-state index contributed by atoms with van der Waals surface area (Å²) in [6.07, 6.45) is 2.97. The molecule has 3 rings (SSSR count). The zero-order chi connectivity index (χ0) is 13.4. The Morgan fingerprint density at radius 3 is 3.21 bits per heavy atom. The molecule has 0 unspecified atom stereocenters. The third-order valence-corrected chi connectivity index (χ3v) is 4.18. The molecule has 0 radical (unpaired) electrons. The molecule has 1 atom stereocenters. The smallest absolute Gasteiger partial charge is 0.326 e. The lowest BCUT2D eigenvalue weighted by Crippen LogP contribution is -2.35. The lowest BCUT2D eigenvalue weighted by Gasteiger charge is -2.19. The second kappa shape index (κ2) is 4.48. The van der Waals surface area contributed by atoms with Gasteiger partial charge >= 0.3 is 5.97 Å². The molecule has 1 aliphatic heterocycles. The lowest BCUT2D eigenvalue weighted by atomic mass is 10.2. The van der Waals surface area contributed by atoms with Crippen LogP contribution in [0.15, 0.2) is 12.3 Å². The van der Waals surface area contributed by atoms with Crippen molar-refractivity contribution in [2.24, 2.45) is 0 Å². The van der Waals surface area contributed by atoms with Crippen molar-refractivity contribution in [1.82, 2.24) is 9.97 Å². The molecule has 0 bridgehead atoms. The number of carboxylic acid groups (broad SMARTS) is 1. The normalized spacial score (nSPS) is 18.7. The van der Waals surface area contributed by atoms with Crippen LogP contribution >= 0.6 is 11.3 Å². The number of nitriles is 1. The maximum absolute atomic E-state index is 11.2. The average Bonchev–Trinajstić information content (AvgIpc) is 3.03. The largest absolute Gasteiger partial charge is 0.480 e. The summed E-state index contributed by atoms with van der Waals surface area (Å²) in [7, 11) is 0. The topological polar surface area (TPSA) is 90.1 Å². The molecular weight excluding hydrogens is 264 g/mol. The number of aliphatic carboxylic acids is 1. The van der Waals surface area contributed by atoms with Crippen molar-refractivity contribution in [1.29, 1.82) is 5.26 Å². The number of fused-ring (bicyclic) bond motifs is 1. The van der Waals surface area contributed by atoms with Crippen molar-refractivity contribution in [3.8, 4) is 6.07 Å². The van der Waals surface area contributed by atoms with Gasteiger partial charge in [-0.15, -0.1) is 0 Å². The molecule has 7 heteroatoms. The van der Waals surface area contributed by atoms with Crippen LogP contribution in [0.2, 0.25) is 0 Å². The quantitative estimate of drug-likeness (QED) is 0.894. The highest BCUT2D eigenvalue weighted by atomic mass is 32.1. The maximum atomic E-state index is 11.2. The number of hydrogen-bond donors (Lipinski definition) is 1. The Morgan fingerprint density at radius 1 is 1.63 bits per heavy atom. The molecule has 2 aromatic rings. The summed E-state index contributed by atoms with van der Waals surface area (Å²) < 4.78 is 0.810. The van der Waals surface area contributed by atoms with Gasteiger partial charge in [-0.25, -0.2) is 9.78 Å². The van der Waals surface area contributed by atoms with Gasteiger partial charge in [-0.2, -0.15) is 10.2 Å². The minimum absolute atomic E-state index is 0.485. The first-order chi connectivity index (χ1) is 9.19. The van der Waals surface area contributed by atoms with E-state index in [1.165, 1.54) is 17.5 Å². The van der Waals surface area contributed by atoms with E-state index < -0.39 is 12.0 Å². The molecule has 96 valence electrons. The van der Waals surface area contributed by atoms with Crippen LogP contribution in [0.4, 0.5) is 5.13 Å². The summed E-state index contributed by atoms with van der Waals surface area (Å²) in [4.78, 5) is 21.5. The summed E-state index contributed by atoms with van der Waals surface area (Å²) in [5, 5.41) is 18.7. The van der Waals surface area contributed by atoms with Gasteiger partial charge in [-0.3, -0.25) is 0 Å². The molecule has 1 fully saturated rings. The van der Waals surface area contributed by atoms with E-state index in [0.717, 1.165) is 11.1 Å². The molecule has 0 saturated carbocycles. The van der Waals surface area contributed by atoms with E-state index in [1.54, 1.807) is 11.0 Å². The summed E-state index contributed by atoms with van der Waals surface area (Å²) in [6, 6.07) is 3.26. The molecular formula is C12H10N4O2S. The Labute approximate surface area is 112 Å². The molecule has 0 aliphatic carbocycles. The minimum atomic E-state index is -0.817. The predicted molar refractivity (Wildman–Crippen MR) is 70.1 cm³/mol. The SMILES string of the molecule is N#Cc1cnc2nc(N3CCC[C@@H]3C(=O)O)sc2c1. The number of anilines is 1. The highest BCUT2D eigenvalue weighted by Gasteiger charge is 2.32. The van der Waals surface area contributed by atoms with Crippen molar-refractivity contribution in [2.75, 3.05) is 11.4 Å². The number of hydrogen-bond acceptors (Lipinski definition) is 6. The van der Waals surface area contributed by atoms with Crippen LogP contribution in [0, 0.1) is 11.3 Å². The fourth-order valence-electron chi connectivity index (χ4n) is 2.24. The van der Waals surface area contributed by atoms with Gasteiger partial charge in [-0.05, 0) is 18.9 Å². The molecule has 3 heterocycles. The monoisotopic (exact) mass is 274 g/mol. The zero-order valence-electron chi connectivity index (χ0n) is 9.91. The molecule has 0 amide bonds. The summed E-state index contributed by atoms with van der Waals surface area (Å²) in [5.41, 5.74) is 1.05. The van der Waals surface area contributed by atoms with E-state index in [1.807, 2.05) is 6.07 Å². The van der Waals surface area contributed by atoms with Gasteiger partial charge in [0.2, 0.25) is 0 Å². The highest BCUT2D eigenvalue weighted by molar-refractivity contribution is 7.22. The van der Waals surface area contributed by atoms with E-state index in [0.29, 0.717) is 29.3 Å². The Hall–Kier alpha value is -2.20. The molecule has 6 nitrogen and oxygen atoms in total. The van der Waals surface area contributed by atoms with Crippen molar-refractivity contribution in [3.63, 3.8) is 0 Å². The van der Waals surface area contributed by atoms with Crippen LogP contribution in [-0.4, -0.2) is 33.6 Å². The number of rotatable bonds is 2. The zero-order valence-corrected chi connectivity index (χ0v) is 10.7. The van der Waals surface area contributed by atoms with Crippen LogP contribution in [0.3, 0.4) is 0 Å². The highest BCUT2D eigenvalue weighted by Crippen LogP contribution is 2.32. The standard InChI is InChI=1S/C12H10N4O2S/c13-5-7-4-9-10(14-6-7)15-12(19-9)16-3-1-2-8(16)11(17)18/h4,6,8H,1-3H2,(H,17,18)/t8-/m1/s1. The Bertz CT molecular complexity index is 691. The molecule has 0 spiro atoms. The van der Waals surface area contributed by atoms with E-state index in [-0.39, 0.29) is 0 Å². The van der Waals surface area contributed by atoms with Gasteiger partial charge in [0.05, 0.1) is 10.3 Å². The van der Waals surface area contributed by atoms with Crippen LogP contribution in [0.5, 0.6) is 0 Å². The van der Waals surface area contributed by atoms with Crippen LogP contribution in [-0.2, 0) is 4.79 Å². The molecule has 2 aromatic heterocycles. The van der Waals surface area contributed by atoms with Gasteiger partial charge in [0.25, 0.3) is 0 Å². The average molecular weight is 274 g/mol. The van der Waals surface area contributed by atoms with Crippen LogP contribution in [0.1, 0.15) is 18.4 Å². The number of thiazole rings is 1. The first-order valence-corrected chi connectivity index (χ1v) is 6.67. The van der Waals surface area contributed by atoms with Gasteiger partial charge in [-0.1, -0.05) is 11.3 Å². The van der Waals surface area contributed by atoms with E-state index in [2.05, 4.69) is 9.97 Å². The third kappa shape index (κ3) is 2.00. The lowest BCUT2D eigenvalue weighted by molar-refractivity contribution is -0.138. The number of aromatic nitrogens is 2. The second-order valence-electron chi connectivity index (χ2n) is 4.34. The van der Waals surface area contributed by atoms with Gasteiger partial charge in [0, 0.05) is 12.7 Å². The summed E-state index contributed by atoms with van der Waals surface area (Å²) >= 11 is 1.38. The molecule has 1 N–H and O–H groups in total. The Morgan fingerprint density at radius 2 is 2.47 bits per heavy atom. The molecule has 1 aliphatic rings. The maximum Gasteiger partial charge on any atom is 0.326 e. The molecule has 19 heavy (non-hydrogen) atoms. The second-order valence-corrected chi connectivity index (χ2v) is 5.35. The van der Waals surface area contributed by atoms with E-state index in [4.69, 9.17) is 5.26 Å². The summed E-state index contributed by atoms with van der Waals surface area (Å²) in [6.45, 7) is 0.696. The first kappa shape index (κ1) is 11.9. The Balaban J connectivity index is 2.01. The predicted octanol–water partition coefficient (Wildman–Crippen LogP) is 1.62. The summed E-state index contributed by atoms with van der Waals surface area (Å²) in [5.74, 6) is -0.817. The molecule has 1 saturated heterocycles. The number of nitrogens with zero attached hydrogens (tertiary/aromatic N) is 4. The van der Waals surface area contributed by atoms with Crippen molar-refractivity contribution in [2.45, 2.75) is 18.9 Å². The van der Waals surface area contributed by atoms with Crippen LogP contribution < -0.4 is 4.90 Å². The first-order valence-electron chi connectivity index (χ1n) is 5.85. The fourth-order valence-corrected chi connectivity index (χ4v) is 3.28. The minimum Gasteiger partial charge on any atom is -0.480 e. The van der Waals surface area contributed by atoms with Gasteiger partial charge in [0.15, 0.2) is 10.8 Å². The van der Waals surface area contributed by atoms with Gasteiger partial charge in [0.1, 0.15) is 12.1 Å². The fraction of sp³-hybridized carbons (Fsp3) is 0.333. The van der Waals surface area contributed by atoms with Crippen molar-refractivity contribution in [3.05, 3.63) is 17.8 Å². The number of carboxylic acids is 1. The Kier molecular flexibility index (Phi) is 2.80. The van der Waals surface area contributed by atoms with Crippen molar-refractivity contribution < 1.29 is 9.90 Å². The number of carbonyl (C=O) groups is 1. The van der Waals surface area contributed by atoms with E-state index >= 15 is 0 Å². The van der Waals surface area contributed by atoms with Gasteiger partial charge < -0.3 is 10.0 Å². The number of pyridine rings is 1. The molecule has 0 aromatic carbocycles. The van der Waals surface area contributed by atoms with Crippen LogP contribution in [0.25, 0.3) is 10.3 Å². The van der Waals surface area contributed by atoms with Crippen molar-refractivity contribution >= 4 is 32.8 Å². The van der Waals surface area contributed by atoms with E-state index in [9.17, 15) is 9.90 Å². The third-order valence-electron chi connectivity index (χ3n) is 3.15.